The highest BCUT2D eigenvalue weighted by atomic mass is 16.5. The summed E-state index contributed by atoms with van der Waals surface area (Å²) in [7, 11) is 0. The maximum Gasteiger partial charge on any atom is 0.343 e. The van der Waals surface area contributed by atoms with Gasteiger partial charge in [0.2, 0.25) is 0 Å². The Labute approximate surface area is 197 Å². The van der Waals surface area contributed by atoms with Gasteiger partial charge in [0.1, 0.15) is 11.5 Å². The van der Waals surface area contributed by atoms with Crippen LogP contribution >= 0.6 is 0 Å². The lowest BCUT2D eigenvalue weighted by Crippen LogP contribution is -2.08. The van der Waals surface area contributed by atoms with Crippen molar-refractivity contribution in [3.63, 3.8) is 0 Å². The van der Waals surface area contributed by atoms with Crippen LogP contribution in [0.4, 0.5) is 0 Å². The van der Waals surface area contributed by atoms with E-state index in [1.54, 1.807) is 37.3 Å². The smallest absolute Gasteiger partial charge is 0.343 e. The number of hydrogen-bond donors (Lipinski definition) is 0. The Kier molecular flexibility index (Phi) is 12.4. The molecular weight excluding hydrogens is 416 g/mol. The molecule has 0 aliphatic rings. The number of unbranched alkanes of at least 4 members (excludes halogenated alkanes) is 5. The summed E-state index contributed by atoms with van der Waals surface area (Å²) in [5, 5.41) is 0. The van der Waals surface area contributed by atoms with Gasteiger partial charge >= 0.3 is 11.9 Å². The molecule has 178 valence electrons. The van der Waals surface area contributed by atoms with Gasteiger partial charge in [0.05, 0.1) is 18.8 Å². The fourth-order valence-corrected chi connectivity index (χ4v) is 3.26. The number of esters is 2. The monoisotopic (exact) mass is 452 g/mol. The van der Waals surface area contributed by atoms with Crippen molar-refractivity contribution in [3.8, 4) is 11.5 Å². The predicted molar refractivity (Wildman–Crippen MR) is 131 cm³/mol. The first-order valence-corrected chi connectivity index (χ1v) is 12.0. The molecule has 0 amide bonds. The molecule has 0 radical (unpaired) electrons. The van der Waals surface area contributed by atoms with Crippen LogP contribution in [0.1, 0.15) is 74.7 Å². The molecule has 0 unspecified atom stereocenters. The van der Waals surface area contributed by atoms with Crippen LogP contribution in [-0.2, 0) is 16.0 Å². The van der Waals surface area contributed by atoms with Gasteiger partial charge in [-0.25, -0.2) is 9.59 Å². The number of carbonyl (C=O) groups is 2. The molecule has 0 saturated carbocycles. The van der Waals surface area contributed by atoms with Gasteiger partial charge < -0.3 is 14.2 Å². The lowest BCUT2D eigenvalue weighted by Gasteiger charge is -2.08. The van der Waals surface area contributed by atoms with Crippen molar-refractivity contribution in [2.24, 2.45) is 0 Å². The number of carbonyl (C=O) groups excluding carboxylic acids is 2. The van der Waals surface area contributed by atoms with Gasteiger partial charge in [0.25, 0.3) is 0 Å². The Morgan fingerprint density at radius 1 is 0.788 bits per heavy atom. The van der Waals surface area contributed by atoms with Gasteiger partial charge in [-0.2, -0.15) is 0 Å². The van der Waals surface area contributed by atoms with Gasteiger partial charge in [0, 0.05) is 6.08 Å². The van der Waals surface area contributed by atoms with E-state index in [4.69, 9.17) is 14.2 Å². The third-order valence-corrected chi connectivity index (χ3v) is 5.15. The lowest BCUT2D eigenvalue weighted by molar-refractivity contribution is -0.137. The fourth-order valence-electron chi connectivity index (χ4n) is 3.26. The summed E-state index contributed by atoms with van der Waals surface area (Å²) in [5.74, 6) is 0.610. The molecule has 0 N–H and O–H groups in total. The summed E-state index contributed by atoms with van der Waals surface area (Å²) >= 11 is 0. The average molecular weight is 453 g/mol. The third-order valence-electron chi connectivity index (χ3n) is 5.15. The van der Waals surface area contributed by atoms with Crippen molar-refractivity contribution in [2.45, 2.75) is 65.2 Å². The molecule has 2 aromatic rings. The normalized spacial score (nSPS) is 10.8. The summed E-state index contributed by atoms with van der Waals surface area (Å²) in [6.45, 7) is 5.03. The molecule has 0 saturated heterocycles. The van der Waals surface area contributed by atoms with E-state index < -0.39 is 0 Å². The van der Waals surface area contributed by atoms with Gasteiger partial charge in [0.15, 0.2) is 0 Å². The van der Waals surface area contributed by atoms with E-state index in [1.807, 2.05) is 24.3 Å². The molecule has 5 nitrogen and oxygen atoms in total. The van der Waals surface area contributed by atoms with E-state index in [1.165, 1.54) is 30.9 Å². The van der Waals surface area contributed by atoms with Crippen LogP contribution in [0, 0.1) is 0 Å². The highest BCUT2D eigenvalue weighted by molar-refractivity contribution is 5.91. The molecular formula is C28H36O5. The molecule has 0 atom stereocenters. The van der Waals surface area contributed by atoms with Gasteiger partial charge in [-0.3, -0.25) is 0 Å². The summed E-state index contributed by atoms with van der Waals surface area (Å²) in [6, 6.07) is 14.7. The van der Waals surface area contributed by atoms with E-state index in [-0.39, 0.29) is 11.9 Å². The standard InChI is InChI=1S/C28H36O5/c1-3-5-8-12-23-13-17-26(18-14-23)33-28(30)24-15-19-25(20-16-24)31-21-9-6-7-10-22-32-27(29)11-4-2/h4,11,13-20H,3,5-10,12,21-22H2,1-2H3. The zero-order valence-corrected chi connectivity index (χ0v) is 19.9. The Morgan fingerprint density at radius 2 is 1.45 bits per heavy atom. The van der Waals surface area contributed by atoms with Crippen LogP contribution < -0.4 is 9.47 Å². The minimum atomic E-state index is -0.379. The molecule has 5 heteroatoms. The SMILES string of the molecule is CC=CC(=O)OCCCCCCOc1ccc(C(=O)Oc2ccc(CCCCC)cc2)cc1. The average Bonchev–Trinajstić information content (AvgIpc) is 2.82. The Hall–Kier alpha value is -3.08. The van der Waals surface area contributed by atoms with Gasteiger partial charge in [-0.1, -0.05) is 38.0 Å². The molecule has 2 aromatic carbocycles. The minimum Gasteiger partial charge on any atom is -0.494 e. The van der Waals surface area contributed by atoms with Crippen molar-refractivity contribution in [1.29, 1.82) is 0 Å². The summed E-state index contributed by atoms with van der Waals surface area (Å²) in [4.78, 5) is 23.6. The van der Waals surface area contributed by atoms with Crippen LogP contribution in [0.5, 0.6) is 11.5 Å². The van der Waals surface area contributed by atoms with Gasteiger partial charge in [-0.15, -0.1) is 0 Å². The van der Waals surface area contributed by atoms with Crippen molar-refractivity contribution in [1.82, 2.24) is 0 Å². The fraction of sp³-hybridized carbons (Fsp3) is 0.429. The van der Waals surface area contributed by atoms with Gasteiger partial charge in [-0.05, 0) is 87.4 Å². The molecule has 0 fully saturated rings. The molecule has 33 heavy (non-hydrogen) atoms. The molecule has 0 heterocycles. The highest BCUT2D eigenvalue weighted by Gasteiger charge is 2.09. The van der Waals surface area contributed by atoms with Crippen LogP contribution in [0.15, 0.2) is 60.7 Å². The molecule has 0 aliphatic carbocycles. The summed E-state index contributed by atoms with van der Waals surface area (Å²) in [5.41, 5.74) is 1.75. The zero-order chi connectivity index (χ0) is 23.7. The van der Waals surface area contributed by atoms with Crippen LogP contribution in [0.3, 0.4) is 0 Å². The van der Waals surface area contributed by atoms with E-state index in [0.29, 0.717) is 24.5 Å². The first-order chi connectivity index (χ1) is 16.1. The second-order valence-electron chi connectivity index (χ2n) is 7.95. The topological polar surface area (TPSA) is 61.8 Å². The number of rotatable bonds is 15. The van der Waals surface area contributed by atoms with E-state index in [0.717, 1.165) is 37.9 Å². The first kappa shape index (κ1) is 26.2. The number of ether oxygens (including phenoxy) is 3. The maximum atomic E-state index is 12.4. The van der Waals surface area contributed by atoms with Crippen LogP contribution in [-0.4, -0.2) is 25.2 Å². The van der Waals surface area contributed by atoms with Crippen LogP contribution in [0.25, 0.3) is 0 Å². The second kappa shape index (κ2) is 15.7. The highest BCUT2D eigenvalue weighted by Crippen LogP contribution is 2.18. The largest absolute Gasteiger partial charge is 0.494 e. The Balaban J connectivity index is 1.63. The van der Waals surface area contributed by atoms with E-state index in [9.17, 15) is 9.59 Å². The van der Waals surface area contributed by atoms with Crippen molar-refractivity contribution in [2.75, 3.05) is 13.2 Å². The van der Waals surface area contributed by atoms with Crippen molar-refractivity contribution in [3.05, 3.63) is 71.8 Å². The molecule has 0 spiro atoms. The van der Waals surface area contributed by atoms with Crippen molar-refractivity contribution < 1.29 is 23.8 Å². The molecule has 0 aromatic heterocycles. The second-order valence-corrected chi connectivity index (χ2v) is 7.95. The molecule has 0 aliphatic heterocycles. The minimum absolute atomic E-state index is 0.288. The molecule has 0 bridgehead atoms. The van der Waals surface area contributed by atoms with E-state index in [2.05, 4.69) is 6.92 Å². The third kappa shape index (κ3) is 10.9. The number of aryl methyl sites for hydroxylation is 1. The first-order valence-electron chi connectivity index (χ1n) is 12.0. The quantitative estimate of drug-likeness (QED) is 0.130. The Bertz CT molecular complexity index is 853. The number of hydrogen-bond acceptors (Lipinski definition) is 5. The number of benzene rings is 2. The maximum absolute atomic E-state index is 12.4. The summed E-state index contributed by atoms with van der Waals surface area (Å²) < 4.78 is 16.3. The predicted octanol–water partition coefficient (Wildman–Crippen LogP) is 6.70. The number of allylic oxidation sites excluding steroid dienone is 1. The van der Waals surface area contributed by atoms with Crippen molar-refractivity contribution >= 4 is 11.9 Å². The lowest BCUT2D eigenvalue weighted by atomic mass is 10.1. The zero-order valence-electron chi connectivity index (χ0n) is 19.9. The van der Waals surface area contributed by atoms with Crippen LogP contribution in [0.2, 0.25) is 0 Å². The van der Waals surface area contributed by atoms with E-state index >= 15 is 0 Å². The molecule has 2 rings (SSSR count). The Morgan fingerprint density at radius 3 is 2.12 bits per heavy atom. The summed E-state index contributed by atoms with van der Waals surface area (Å²) in [6.07, 6.45) is 11.5.